The Kier molecular flexibility index (Phi) is 9.18. The fourth-order valence-corrected chi connectivity index (χ4v) is 6.05. The zero-order valence-electron chi connectivity index (χ0n) is 19.5. The molecule has 0 bridgehead atoms. The molecule has 0 aliphatic carbocycles. The number of halogens is 1. The summed E-state index contributed by atoms with van der Waals surface area (Å²) in [4.78, 5) is 15.5. The molecule has 1 unspecified atom stereocenters. The smallest absolute Gasteiger partial charge is 0.264 e. The van der Waals surface area contributed by atoms with Crippen LogP contribution in [-0.4, -0.2) is 51.4 Å². The van der Waals surface area contributed by atoms with Gasteiger partial charge in [0.2, 0.25) is 5.91 Å². The molecule has 1 amide bonds. The first-order chi connectivity index (χ1) is 15.8. The van der Waals surface area contributed by atoms with Gasteiger partial charge < -0.3 is 10.2 Å². The first-order valence-electron chi connectivity index (χ1n) is 11.7. The second kappa shape index (κ2) is 11.9. The van der Waals surface area contributed by atoms with Crippen LogP contribution in [0.25, 0.3) is 0 Å². The molecule has 1 aliphatic rings. The van der Waals surface area contributed by atoms with Crippen molar-refractivity contribution in [2.75, 3.05) is 30.5 Å². The van der Waals surface area contributed by atoms with Crippen molar-refractivity contribution in [2.45, 2.75) is 56.9 Å². The summed E-state index contributed by atoms with van der Waals surface area (Å²) in [6.07, 6.45) is 5.75. The number of sulfonamides is 1. The predicted octanol–water partition coefficient (Wildman–Crippen LogP) is 4.61. The molecule has 1 heterocycles. The number of rotatable bonds is 10. The molecule has 1 N–H and O–H groups in total. The van der Waals surface area contributed by atoms with E-state index in [2.05, 4.69) is 17.1 Å². The molecular formula is C25H34ClN3O3S. The number of amides is 1. The summed E-state index contributed by atoms with van der Waals surface area (Å²) in [5, 5.41) is 3.32. The van der Waals surface area contributed by atoms with Gasteiger partial charge in [-0.05, 0) is 69.0 Å². The number of anilines is 1. The van der Waals surface area contributed by atoms with Crippen LogP contribution < -0.4 is 9.62 Å². The van der Waals surface area contributed by atoms with Crippen LogP contribution in [0.4, 0.5) is 5.69 Å². The highest BCUT2D eigenvalue weighted by molar-refractivity contribution is 7.92. The van der Waals surface area contributed by atoms with Crippen molar-refractivity contribution in [1.29, 1.82) is 0 Å². The summed E-state index contributed by atoms with van der Waals surface area (Å²) in [5.41, 5.74) is 1.13. The molecule has 1 aliphatic heterocycles. The summed E-state index contributed by atoms with van der Waals surface area (Å²) in [5.74, 6) is -0.334. The summed E-state index contributed by atoms with van der Waals surface area (Å²) in [6, 6.07) is 13.8. The quantitative estimate of drug-likeness (QED) is 0.492. The van der Waals surface area contributed by atoms with Gasteiger partial charge in [-0.15, -0.1) is 0 Å². The molecule has 6 nitrogen and oxygen atoms in total. The van der Waals surface area contributed by atoms with Gasteiger partial charge in [0.15, 0.2) is 0 Å². The largest absolute Gasteiger partial charge is 0.354 e. The fourth-order valence-electron chi connectivity index (χ4n) is 4.38. The van der Waals surface area contributed by atoms with E-state index in [1.165, 1.54) is 31.4 Å². The number of likely N-dealkylation sites (tertiary alicyclic amines) is 1. The van der Waals surface area contributed by atoms with Gasteiger partial charge in [0.05, 0.1) is 10.6 Å². The molecule has 8 heteroatoms. The van der Waals surface area contributed by atoms with Crippen molar-refractivity contribution in [2.24, 2.45) is 0 Å². The highest BCUT2D eigenvalue weighted by Gasteiger charge is 2.28. The van der Waals surface area contributed by atoms with Crippen molar-refractivity contribution in [3.63, 3.8) is 0 Å². The number of carbonyl (C=O) groups excluding carboxylic acids is 1. The van der Waals surface area contributed by atoms with E-state index in [0.717, 1.165) is 35.8 Å². The summed E-state index contributed by atoms with van der Waals surface area (Å²) in [7, 11) is -3.94. The number of nitrogens with one attached hydrogen (secondary N) is 1. The van der Waals surface area contributed by atoms with Crippen molar-refractivity contribution >= 4 is 33.2 Å². The Bertz CT molecular complexity index is 1030. The maximum atomic E-state index is 13.4. The lowest BCUT2D eigenvalue weighted by Crippen LogP contribution is -2.43. The van der Waals surface area contributed by atoms with Crippen LogP contribution in [0, 0.1) is 6.92 Å². The van der Waals surface area contributed by atoms with Crippen LogP contribution in [-0.2, 0) is 14.8 Å². The van der Waals surface area contributed by atoms with E-state index < -0.39 is 10.0 Å². The number of hydrogen-bond acceptors (Lipinski definition) is 4. The van der Waals surface area contributed by atoms with Crippen molar-refractivity contribution in [1.82, 2.24) is 10.2 Å². The Balaban J connectivity index is 1.68. The lowest BCUT2D eigenvalue weighted by Gasteiger charge is -2.35. The maximum Gasteiger partial charge on any atom is 0.264 e. The normalized spacial score (nSPS) is 17.0. The van der Waals surface area contributed by atoms with Gasteiger partial charge in [0.25, 0.3) is 10.0 Å². The second-order valence-corrected chi connectivity index (χ2v) is 10.9. The average molecular weight is 492 g/mol. The molecule has 180 valence electrons. The van der Waals surface area contributed by atoms with Crippen molar-refractivity contribution in [3.05, 3.63) is 59.1 Å². The molecule has 2 aromatic rings. The second-order valence-electron chi connectivity index (χ2n) is 8.55. The summed E-state index contributed by atoms with van der Waals surface area (Å²) >= 11 is 6.17. The maximum absolute atomic E-state index is 13.4. The van der Waals surface area contributed by atoms with Crippen LogP contribution in [0.1, 0.15) is 44.6 Å². The van der Waals surface area contributed by atoms with E-state index in [1.807, 2.05) is 0 Å². The van der Waals surface area contributed by atoms with Gasteiger partial charge in [-0.3, -0.25) is 9.10 Å². The van der Waals surface area contributed by atoms with E-state index >= 15 is 0 Å². The monoisotopic (exact) mass is 491 g/mol. The molecule has 3 rings (SSSR count). The Morgan fingerprint density at radius 2 is 1.94 bits per heavy atom. The minimum absolute atomic E-state index is 0.132. The van der Waals surface area contributed by atoms with E-state index in [9.17, 15) is 13.2 Å². The van der Waals surface area contributed by atoms with Gasteiger partial charge in [-0.1, -0.05) is 49.2 Å². The molecule has 1 atom stereocenters. The minimum Gasteiger partial charge on any atom is -0.354 e. The molecule has 2 aromatic carbocycles. The molecular weight excluding hydrogens is 458 g/mol. The van der Waals surface area contributed by atoms with Crippen molar-refractivity contribution in [3.8, 4) is 0 Å². The predicted molar refractivity (Wildman–Crippen MR) is 134 cm³/mol. The SMILES string of the molecule is CCC1CCCCN1CCCNC(=O)CN(c1cc(Cl)ccc1C)S(=O)(=O)c1ccccc1. The van der Waals surface area contributed by atoms with E-state index in [0.29, 0.717) is 23.3 Å². The molecule has 33 heavy (non-hydrogen) atoms. The van der Waals surface area contributed by atoms with E-state index in [4.69, 9.17) is 11.6 Å². The van der Waals surface area contributed by atoms with Crippen molar-refractivity contribution < 1.29 is 13.2 Å². The Hall–Kier alpha value is -2.09. The van der Waals surface area contributed by atoms with Crippen LogP contribution in [0.5, 0.6) is 0 Å². The Morgan fingerprint density at radius 1 is 1.18 bits per heavy atom. The van der Waals surface area contributed by atoms with Crippen LogP contribution >= 0.6 is 11.6 Å². The van der Waals surface area contributed by atoms with Gasteiger partial charge in [0.1, 0.15) is 6.54 Å². The number of aryl methyl sites for hydroxylation is 1. The van der Waals surface area contributed by atoms with Crippen LogP contribution in [0.2, 0.25) is 5.02 Å². The third-order valence-corrected chi connectivity index (χ3v) is 8.23. The van der Waals surface area contributed by atoms with Gasteiger partial charge >= 0.3 is 0 Å². The third-order valence-electron chi connectivity index (χ3n) is 6.22. The Morgan fingerprint density at radius 3 is 2.67 bits per heavy atom. The highest BCUT2D eigenvalue weighted by atomic mass is 35.5. The first-order valence-corrected chi connectivity index (χ1v) is 13.5. The molecule has 1 saturated heterocycles. The lowest BCUT2D eigenvalue weighted by molar-refractivity contribution is -0.119. The van der Waals surface area contributed by atoms with E-state index in [1.54, 1.807) is 43.3 Å². The number of nitrogens with zero attached hydrogens (tertiary/aromatic N) is 2. The molecule has 0 aromatic heterocycles. The highest BCUT2D eigenvalue weighted by Crippen LogP contribution is 2.29. The molecule has 0 spiro atoms. The zero-order chi connectivity index (χ0) is 23.8. The van der Waals surface area contributed by atoms with Crippen LogP contribution in [0.15, 0.2) is 53.4 Å². The molecule has 0 radical (unpaired) electrons. The number of benzene rings is 2. The Labute approximate surface area is 203 Å². The molecule has 1 fully saturated rings. The van der Waals surface area contributed by atoms with Gasteiger partial charge in [-0.25, -0.2) is 8.42 Å². The van der Waals surface area contributed by atoms with E-state index in [-0.39, 0.29) is 17.3 Å². The van der Waals surface area contributed by atoms with Gasteiger partial charge in [-0.2, -0.15) is 0 Å². The summed E-state index contributed by atoms with van der Waals surface area (Å²) in [6.45, 7) is 6.30. The van der Waals surface area contributed by atoms with Gasteiger partial charge in [0, 0.05) is 24.2 Å². The molecule has 0 saturated carbocycles. The zero-order valence-corrected chi connectivity index (χ0v) is 21.0. The standard InChI is InChI=1S/C25H34ClN3O3S/c1-3-22-10-7-8-16-28(22)17-9-15-27-25(30)19-29(24-18-21(26)14-13-20(24)2)33(31,32)23-11-5-4-6-12-23/h4-6,11-14,18,22H,3,7-10,15-17,19H2,1-2H3,(H,27,30). The minimum atomic E-state index is -3.94. The van der Waals surface area contributed by atoms with Crippen LogP contribution in [0.3, 0.4) is 0 Å². The average Bonchev–Trinajstić information content (AvgIpc) is 2.82. The fraction of sp³-hybridized carbons (Fsp3) is 0.480. The lowest BCUT2D eigenvalue weighted by atomic mass is 10.00. The number of hydrogen-bond donors (Lipinski definition) is 1. The number of carbonyl (C=O) groups is 1. The third kappa shape index (κ3) is 6.71. The first kappa shape index (κ1) is 25.5. The topological polar surface area (TPSA) is 69.7 Å². The number of piperidine rings is 1. The summed E-state index contributed by atoms with van der Waals surface area (Å²) < 4.78 is 28.0.